The third-order valence-corrected chi connectivity index (χ3v) is 5.06. The van der Waals surface area contributed by atoms with Gasteiger partial charge in [-0.05, 0) is 41.8 Å². The van der Waals surface area contributed by atoms with Crippen LogP contribution in [-0.2, 0) is 4.79 Å². The van der Waals surface area contributed by atoms with E-state index in [1.54, 1.807) is 18.2 Å². The first-order valence-electron chi connectivity index (χ1n) is 10.2. The molecule has 0 radical (unpaired) electrons. The van der Waals surface area contributed by atoms with Crippen molar-refractivity contribution >= 4 is 28.0 Å². The maximum Gasteiger partial charge on any atom is 0.162 e. The second-order valence-corrected chi connectivity index (χ2v) is 7.31. The normalized spacial score (nSPS) is 10.8. The van der Waals surface area contributed by atoms with E-state index in [-0.39, 0.29) is 23.9 Å². The zero-order valence-corrected chi connectivity index (χ0v) is 16.6. The Balaban J connectivity index is 1.30. The Morgan fingerprint density at radius 3 is 2.24 bits per heavy atom. The summed E-state index contributed by atoms with van der Waals surface area (Å²) in [5.41, 5.74) is 1.35. The van der Waals surface area contributed by atoms with Crippen LogP contribution in [0, 0.1) is 0 Å². The highest BCUT2D eigenvalue weighted by Crippen LogP contribution is 2.21. The fraction of sp³-hybridized carbons (Fsp3) is 0.280. The van der Waals surface area contributed by atoms with E-state index in [0.29, 0.717) is 18.5 Å². The molecular weight excluding hydrogens is 362 g/mol. The SMILES string of the molecule is O=C(CCCCCCC(=O)c1ccc2ccccc2c1)CNc1ccccc1O. The summed E-state index contributed by atoms with van der Waals surface area (Å²) >= 11 is 0. The molecule has 0 aromatic heterocycles. The fourth-order valence-electron chi connectivity index (χ4n) is 3.37. The van der Waals surface area contributed by atoms with Crippen LogP contribution in [-0.4, -0.2) is 23.2 Å². The van der Waals surface area contributed by atoms with E-state index >= 15 is 0 Å². The highest BCUT2D eigenvalue weighted by molar-refractivity contribution is 5.99. The fourth-order valence-corrected chi connectivity index (χ4v) is 3.37. The average molecular weight is 389 g/mol. The van der Waals surface area contributed by atoms with E-state index in [2.05, 4.69) is 5.32 Å². The van der Waals surface area contributed by atoms with Gasteiger partial charge in [-0.15, -0.1) is 0 Å². The van der Waals surface area contributed by atoms with Crippen molar-refractivity contribution in [2.75, 3.05) is 11.9 Å². The number of carbonyl (C=O) groups is 2. The standard InChI is InChI=1S/C25H27NO3/c27-22(18-26-23-12-7-8-14-25(23)29)11-3-1-2-4-13-24(28)21-16-15-19-9-5-6-10-20(19)17-21/h5-10,12,14-17,26,29H,1-4,11,13,18H2. The molecule has 0 amide bonds. The molecular formula is C25H27NO3. The third kappa shape index (κ3) is 6.18. The van der Waals surface area contributed by atoms with Crippen molar-refractivity contribution in [2.45, 2.75) is 38.5 Å². The highest BCUT2D eigenvalue weighted by atomic mass is 16.3. The molecule has 0 saturated heterocycles. The molecule has 150 valence electrons. The molecule has 0 aliphatic rings. The number of aromatic hydroxyl groups is 1. The number of rotatable bonds is 11. The minimum atomic E-state index is 0.125. The van der Waals surface area contributed by atoms with Gasteiger partial charge in [-0.1, -0.05) is 61.4 Å². The summed E-state index contributed by atoms with van der Waals surface area (Å²) in [6, 6.07) is 20.8. The minimum absolute atomic E-state index is 0.125. The number of carbonyl (C=O) groups excluding carboxylic acids is 2. The molecule has 3 rings (SSSR count). The van der Waals surface area contributed by atoms with E-state index in [9.17, 15) is 14.7 Å². The first-order valence-corrected chi connectivity index (χ1v) is 10.2. The summed E-state index contributed by atoms with van der Waals surface area (Å²) in [5, 5.41) is 14.9. The van der Waals surface area contributed by atoms with E-state index in [0.717, 1.165) is 42.0 Å². The van der Waals surface area contributed by atoms with Gasteiger partial charge in [-0.25, -0.2) is 0 Å². The monoisotopic (exact) mass is 389 g/mol. The summed E-state index contributed by atoms with van der Waals surface area (Å²) in [6.45, 7) is 0.220. The number of ketones is 2. The molecule has 4 nitrogen and oxygen atoms in total. The Bertz CT molecular complexity index is 980. The van der Waals surface area contributed by atoms with E-state index in [4.69, 9.17) is 0 Å². The van der Waals surface area contributed by atoms with Gasteiger partial charge < -0.3 is 10.4 Å². The predicted octanol–water partition coefficient (Wildman–Crippen LogP) is 5.75. The summed E-state index contributed by atoms with van der Waals surface area (Å²) < 4.78 is 0. The van der Waals surface area contributed by atoms with Crippen molar-refractivity contribution in [3.05, 3.63) is 72.3 Å². The highest BCUT2D eigenvalue weighted by Gasteiger charge is 2.07. The number of hydrogen-bond donors (Lipinski definition) is 2. The van der Waals surface area contributed by atoms with Gasteiger partial charge in [0.05, 0.1) is 12.2 Å². The molecule has 4 heteroatoms. The van der Waals surface area contributed by atoms with Crippen LogP contribution in [0.1, 0.15) is 48.9 Å². The van der Waals surface area contributed by atoms with Crippen LogP contribution in [0.5, 0.6) is 5.75 Å². The Kier molecular flexibility index (Phi) is 7.40. The van der Waals surface area contributed by atoms with Gasteiger partial charge >= 0.3 is 0 Å². The van der Waals surface area contributed by atoms with Crippen LogP contribution >= 0.6 is 0 Å². The van der Waals surface area contributed by atoms with Gasteiger partial charge in [0.2, 0.25) is 0 Å². The Morgan fingerprint density at radius 1 is 0.759 bits per heavy atom. The van der Waals surface area contributed by atoms with E-state index in [1.165, 1.54) is 0 Å². The predicted molar refractivity (Wildman–Crippen MR) is 118 cm³/mol. The van der Waals surface area contributed by atoms with Crippen LogP contribution < -0.4 is 5.32 Å². The van der Waals surface area contributed by atoms with Crippen LogP contribution in [0.2, 0.25) is 0 Å². The molecule has 0 fully saturated rings. The van der Waals surface area contributed by atoms with Crippen molar-refractivity contribution in [3.63, 3.8) is 0 Å². The summed E-state index contributed by atoms with van der Waals surface area (Å²) in [7, 11) is 0. The van der Waals surface area contributed by atoms with Crippen molar-refractivity contribution in [1.82, 2.24) is 0 Å². The molecule has 2 N–H and O–H groups in total. The quantitative estimate of drug-likeness (QED) is 0.249. The lowest BCUT2D eigenvalue weighted by Gasteiger charge is -2.07. The molecule has 0 aliphatic heterocycles. The number of hydrogen-bond acceptors (Lipinski definition) is 4. The molecule has 0 heterocycles. The Hall–Kier alpha value is -3.14. The third-order valence-electron chi connectivity index (χ3n) is 5.06. The summed E-state index contributed by atoms with van der Waals surface area (Å²) in [6.07, 6.45) is 4.61. The van der Waals surface area contributed by atoms with Crippen LogP contribution in [0.4, 0.5) is 5.69 Å². The number of phenolic OH excluding ortho intramolecular Hbond substituents is 1. The second-order valence-electron chi connectivity index (χ2n) is 7.31. The first-order chi connectivity index (χ1) is 14.1. The number of phenols is 1. The van der Waals surface area contributed by atoms with Crippen molar-refractivity contribution in [3.8, 4) is 5.75 Å². The van der Waals surface area contributed by atoms with Gasteiger partial charge in [0.1, 0.15) is 5.75 Å². The molecule has 3 aromatic carbocycles. The van der Waals surface area contributed by atoms with Crippen LogP contribution in [0.25, 0.3) is 10.8 Å². The average Bonchev–Trinajstić information content (AvgIpc) is 2.75. The minimum Gasteiger partial charge on any atom is -0.506 e. The molecule has 0 aliphatic carbocycles. The molecule has 3 aromatic rings. The molecule has 0 saturated carbocycles. The maximum atomic E-state index is 12.4. The van der Waals surface area contributed by atoms with Gasteiger partial charge in [-0.3, -0.25) is 9.59 Å². The number of unbranched alkanes of at least 4 members (excludes halogenated alkanes) is 3. The number of para-hydroxylation sites is 2. The zero-order chi connectivity index (χ0) is 20.5. The molecule has 29 heavy (non-hydrogen) atoms. The second kappa shape index (κ2) is 10.4. The number of nitrogens with one attached hydrogen (secondary N) is 1. The number of anilines is 1. The van der Waals surface area contributed by atoms with Crippen LogP contribution in [0.3, 0.4) is 0 Å². The number of Topliss-reactive ketones (excluding diaryl/α,β-unsaturated/α-hetero) is 2. The Morgan fingerprint density at radius 2 is 1.45 bits per heavy atom. The summed E-state index contributed by atoms with van der Waals surface area (Å²) in [5.74, 6) is 0.454. The first kappa shape index (κ1) is 20.6. The largest absolute Gasteiger partial charge is 0.506 e. The number of fused-ring (bicyclic) bond motifs is 1. The lowest BCUT2D eigenvalue weighted by Crippen LogP contribution is -2.13. The van der Waals surface area contributed by atoms with Gasteiger partial charge in [-0.2, -0.15) is 0 Å². The van der Waals surface area contributed by atoms with Gasteiger partial charge in [0, 0.05) is 18.4 Å². The summed E-state index contributed by atoms with van der Waals surface area (Å²) in [4.78, 5) is 24.4. The van der Waals surface area contributed by atoms with Gasteiger partial charge in [0.25, 0.3) is 0 Å². The molecule has 0 spiro atoms. The Labute approximate surface area is 171 Å². The van der Waals surface area contributed by atoms with E-state index in [1.807, 2.05) is 48.5 Å². The molecule has 0 unspecified atom stereocenters. The maximum absolute atomic E-state index is 12.4. The lowest BCUT2D eigenvalue weighted by atomic mass is 10.0. The lowest BCUT2D eigenvalue weighted by molar-refractivity contribution is -0.117. The number of benzene rings is 3. The zero-order valence-electron chi connectivity index (χ0n) is 16.6. The smallest absolute Gasteiger partial charge is 0.162 e. The topological polar surface area (TPSA) is 66.4 Å². The van der Waals surface area contributed by atoms with Crippen LogP contribution in [0.15, 0.2) is 66.7 Å². The van der Waals surface area contributed by atoms with E-state index < -0.39 is 0 Å². The van der Waals surface area contributed by atoms with Crippen molar-refractivity contribution in [2.24, 2.45) is 0 Å². The molecule has 0 atom stereocenters. The van der Waals surface area contributed by atoms with Gasteiger partial charge in [0.15, 0.2) is 11.6 Å². The van der Waals surface area contributed by atoms with Crippen molar-refractivity contribution in [1.29, 1.82) is 0 Å². The molecule has 0 bridgehead atoms. The van der Waals surface area contributed by atoms with Crippen molar-refractivity contribution < 1.29 is 14.7 Å².